The van der Waals surface area contributed by atoms with Gasteiger partial charge in [-0.05, 0) is 11.1 Å². The van der Waals surface area contributed by atoms with Gasteiger partial charge in [0.15, 0.2) is 11.6 Å². The van der Waals surface area contributed by atoms with Gasteiger partial charge in [0, 0.05) is 12.3 Å². The van der Waals surface area contributed by atoms with Crippen molar-refractivity contribution in [1.29, 1.82) is 0 Å². The predicted molar refractivity (Wildman–Crippen MR) is 80.8 cm³/mol. The SMILES string of the molecule is CC(c1ccccc1)c1nnc(Cc2ccccc2)nn1. The summed E-state index contributed by atoms with van der Waals surface area (Å²) >= 11 is 0. The van der Waals surface area contributed by atoms with Gasteiger partial charge in [0.2, 0.25) is 0 Å². The minimum atomic E-state index is 0.0944. The van der Waals surface area contributed by atoms with Gasteiger partial charge >= 0.3 is 0 Å². The van der Waals surface area contributed by atoms with Gasteiger partial charge in [-0.15, -0.1) is 20.4 Å². The van der Waals surface area contributed by atoms with Gasteiger partial charge in [-0.2, -0.15) is 0 Å². The normalized spacial score (nSPS) is 12.0. The maximum absolute atomic E-state index is 4.23. The molecule has 4 nitrogen and oxygen atoms in total. The molecule has 0 aliphatic carbocycles. The number of nitrogens with zero attached hydrogens (tertiary/aromatic N) is 4. The fourth-order valence-electron chi connectivity index (χ4n) is 2.17. The summed E-state index contributed by atoms with van der Waals surface area (Å²) in [6.07, 6.45) is 0.654. The van der Waals surface area contributed by atoms with Gasteiger partial charge < -0.3 is 0 Å². The number of aromatic nitrogens is 4. The van der Waals surface area contributed by atoms with Crippen LogP contribution in [0.25, 0.3) is 0 Å². The van der Waals surface area contributed by atoms with Crippen LogP contribution in [0.3, 0.4) is 0 Å². The van der Waals surface area contributed by atoms with Crippen LogP contribution < -0.4 is 0 Å². The third-order valence-electron chi connectivity index (χ3n) is 3.43. The molecule has 0 fully saturated rings. The van der Waals surface area contributed by atoms with Crippen LogP contribution >= 0.6 is 0 Å². The first-order chi connectivity index (χ1) is 10.3. The molecular formula is C17H16N4. The lowest BCUT2D eigenvalue weighted by molar-refractivity contribution is 0.681. The van der Waals surface area contributed by atoms with Crippen LogP contribution in [0.15, 0.2) is 60.7 Å². The molecule has 4 heteroatoms. The van der Waals surface area contributed by atoms with Gasteiger partial charge in [-0.3, -0.25) is 0 Å². The highest BCUT2D eigenvalue weighted by molar-refractivity contribution is 5.24. The molecule has 1 unspecified atom stereocenters. The Kier molecular flexibility index (Phi) is 3.96. The minimum absolute atomic E-state index is 0.0944. The quantitative estimate of drug-likeness (QED) is 0.735. The average molecular weight is 276 g/mol. The van der Waals surface area contributed by atoms with E-state index in [4.69, 9.17) is 0 Å². The van der Waals surface area contributed by atoms with Crippen molar-refractivity contribution in [1.82, 2.24) is 20.4 Å². The standard InChI is InChI=1S/C17H16N4/c1-13(15-10-6-3-7-11-15)17-20-18-16(19-21-17)12-14-8-4-2-5-9-14/h2-11,13H,12H2,1H3. The van der Waals surface area contributed by atoms with E-state index in [2.05, 4.69) is 39.5 Å². The highest BCUT2D eigenvalue weighted by atomic mass is 15.3. The van der Waals surface area contributed by atoms with Crippen molar-refractivity contribution in [3.63, 3.8) is 0 Å². The molecule has 0 radical (unpaired) electrons. The lowest BCUT2D eigenvalue weighted by Crippen LogP contribution is -2.09. The minimum Gasteiger partial charge on any atom is -0.131 e. The summed E-state index contributed by atoms with van der Waals surface area (Å²) in [5.74, 6) is 1.39. The van der Waals surface area contributed by atoms with Gasteiger partial charge in [0.1, 0.15) is 0 Å². The zero-order chi connectivity index (χ0) is 14.5. The molecule has 0 N–H and O–H groups in total. The van der Waals surface area contributed by atoms with Gasteiger partial charge in [-0.1, -0.05) is 67.6 Å². The van der Waals surface area contributed by atoms with Crippen LogP contribution in [0.1, 0.15) is 35.6 Å². The highest BCUT2D eigenvalue weighted by Crippen LogP contribution is 2.19. The van der Waals surface area contributed by atoms with Crippen LogP contribution in [0.4, 0.5) is 0 Å². The Labute approximate surface area is 123 Å². The van der Waals surface area contributed by atoms with Crippen LogP contribution in [-0.2, 0) is 6.42 Å². The smallest absolute Gasteiger partial charge is 0.131 e. The Morgan fingerprint density at radius 1 is 0.762 bits per heavy atom. The van der Waals surface area contributed by atoms with Crippen LogP contribution in [0.5, 0.6) is 0 Å². The molecular weight excluding hydrogens is 260 g/mol. The maximum atomic E-state index is 4.23. The Hall–Kier alpha value is -2.62. The topological polar surface area (TPSA) is 51.6 Å². The van der Waals surface area contributed by atoms with Crippen molar-refractivity contribution in [3.8, 4) is 0 Å². The first-order valence-corrected chi connectivity index (χ1v) is 6.98. The van der Waals surface area contributed by atoms with Crippen molar-refractivity contribution in [2.24, 2.45) is 0 Å². The van der Waals surface area contributed by atoms with E-state index in [0.717, 1.165) is 11.1 Å². The zero-order valence-electron chi connectivity index (χ0n) is 11.8. The van der Waals surface area contributed by atoms with E-state index >= 15 is 0 Å². The summed E-state index contributed by atoms with van der Waals surface area (Å²) in [5.41, 5.74) is 2.32. The fourth-order valence-corrected chi connectivity index (χ4v) is 2.17. The Balaban J connectivity index is 1.75. The van der Waals surface area contributed by atoms with E-state index in [0.29, 0.717) is 18.1 Å². The van der Waals surface area contributed by atoms with Crippen molar-refractivity contribution in [2.45, 2.75) is 19.3 Å². The van der Waals surface area contributed by atoms with Crippen LogP contribution in [0, 0.1) is 0 Å². The summed E-state index contributed by atoms with van der Waals surface area (Å²) in [6, 6.07) is 20.2. The average Bonchev–Trinajstić information content (AvgIpc) is 2.57. The zero-order valence-corrected chi connectivity index (χ0v) is 11.8. The maximum Gasteiger partial charge on any atom is 0.180 e. The second kappa shape index (κ2) is 6.22. The first-order valence-electron chi connectivity index (χ1n) is 6.98. The molecule has 0 bridgehead atoms. The van der Waals surface area contributed by atoms with Crippen molar-refractivity contribution in [3.05, 3.63) is 83.4 Å². The summed E-state index contributed by atoms with van der Waals surface area (Å²) < 4.78 is 0. The Bertz CT molecular complexity index is 681. The number of benzene rings is 2. The molecule has 104 valence electrons. The van der Waals surface area contributed by atoms with Crippen molar-refractivity contribution in [2.75, 3.05) is 0 Å². The van der Waals surface area contributed by atoms with Crippen LogP contribution in [0.2, 0.25) is 0 Å². The molecule has 0 aliphatic heterocycles. The van der Waals surface area contributed by atoms with Crippen molar-refractivity contribution < 1.29 is 0 Å². The second-order valence-corrected chi connectivity index (χ2v) is 4.97. The second-order valence-electron chi connectivity index (χ2n) is 4.97. The molecule has 3 rings (SSSR count). The molecule has 1 atom stereocenters. The molecule has 0 aliphatic rings. The highest BCUT2D eigenvalue weighted by Gasteiger charge is 2.12. The Morgan fingerprint density at radius 3 is 1.95 bits per heavy atom. The number of hydrogen-bond acceptors (Lipinski definition) is 4. The van der Waals surface area contributed by atoms with E-state index in [-0.39, 0.29) is 5.92 Å². The summed E-state index contributed by atoms with van der Waals surface area (Å²) in [5, 5.41) is 16.8. The van der Waals surface area contributed by atoms with E-state index in [9.17, 15) is 0 Å². The number of rotatable bonds is 4. The molecule has 21 heavy (non-hydrogen) atoms. The third kappa shape index (κ3) is 3.28. The molecule has 0 saturated carbocycles. The molecule has 0 amide bonds. The number of hydrogen-bond donors (Lipinski definition) is 0. The van der Waals surface area contributed by atoms with Crippen LogP contribution in [-0.4, -0.2) is 20.4 Å². The molecule has 0 saturated heterocycles. The molecule has 1 heterocycles. The van der Waals surface area contributed by atoms with Gasteiger partial charge in [0.05, 0.1) is 0 Å². The fraction of sp³-hybridized carbons (Fsp3) is 0.176. The largest absolute Gasteiger partial charge is 0.180 e. The predicted octanol–water partition coefficient (Wildman–Crippen LogP) is 3.01. The molecule has 0 spiro atoms. The van der Waals surface area contributed by atoms with E-state index in [1.54, 1.807) is 0 Å². The van der Waals surface area contributed by atoms with E-state index in [1.807, 2.05) is 48.5 Å². The van der Waals surface area contributed by atoms with E-state index in [1.165, 1.54) is 0 Å². The van der Waals surface area contributed by atoms with E-state index < -0.39 is 0 Å². The first kappa shape index (κ1) is 13.4. The lowest BCUT2D eigenvalue weighted by Gasteiger charge is -2.08. The van der Waals surface area contributed by atoms with Gasteiger partial charge in [0.25, 0.3) is 0 Å². The monoisotopic (exact) mass is 276 g/mol. The third-order valence-corrected chi connectivity index (χ3v) is 3.43. The van der Waals surface area contributed by atoms with Gasteiger partial charge in [-0.25, -0.2) is 0 Å². The summed E-state index contributed by atoms with van der Waals surface area (Å²) in [4.78, 5) is 0. The lowest BCUT2D eigenvalue weighted by atomic mass is 10.0. The van der Waals surface area contributed by atoms with Crippen molar-refractivity contribution >= 4 is 0 Å². The summed E-state index contributed by atoms with van der Waals surface area (Å²) in [6.45, 7) is 2.06. The molecule has 3 aromatic rings. The summed E-state index contributed by atoms with van der Waals surface area (Å²) in [7, 11) is 0. The Morgan fingerprint density at radius 2 is 1.33 bits per heavy atom. The molecule has 1 aromatic heterocycles. The molecule has 2 aromatic carbocycles.